The lowest BCUT2D eigenvalue weighted by Gasteiger charge is -2.18. The Morgan fingerprint density at radius 1 is 0.941 bits per heavy atom. The second-order valence-corrected chi connectivity index (χ2v) is 5.84. The summed E-state index contributed by atoms with van der Waals surface area (Å²) < 4.78 is 2.13. The van der Waals surface area contributed by atoms with Crippen LogP contribution in [-0.2, 0) is 0 Å². The summed E-state index contributed by atoms with van der Waals surface area (Å²) in [5, 5.41) is 0. The minimum Gasteiger partial charge on any atom is -0.282 e. The molecule has 0 N–H and O–H groups in total. The molecule has 17 heavy (non-hydrogen) atoms. The number of benzene rings is 2. The number of para-hydroxylation sites is 1. The molecule has 0 amide bonds. The van der Waals surface area contributed by atoms with Crippen LogP contribution in [0.25, 0.3) is 5.70 Å². The zero-order chi connectivity index (χ0) is 11.8. The smallest absolute Gasteiger partial charge is 0.0650 e. The highest BCUT2D eigenvalue weighted by Gasteiger charge is 2.20. The second-order valence-electron chi connectivity index (χ2n) is 3.79. The van der Waals surface area contributed by atoms with Crippen molar-refractivity contribution >= 4 is 46.0 Å². The van der Waals surface area contributed by atoms with E-state index in [1.54, 1.807) is 11.8 Å². The topological polar surface area (TPSA) is 3.24 Å². The zero-order valence-corrected chi connectivity index (χ0v) is 12.0. The van der Waals surface area contributed by atoms with Gasteiger partial charge in [-0.3, -0.25) is 3.11 Å². The summed E-state index contributed by atoms with van der Waals surface area (Å²) in [6.45, 7) is 4.20. The maximum absolute atomic E-state index is 4.20. The van der Waals surface area contributed by atoms with Gasteiger partial charge in [0, 0.05) is 15.4 Å². The first-order valence-corrected chi connectivity index (χ1v) is 7.06. The fourth-order valence-corrected chi connectivity index (χ4v) is 3.80. The van der Waals surface area contributed by atoms with Crippen molar-refractivity contribution < 1.29 is 0 Å². The van der Waals surface area contributed by atoms with Crippen LogP contribution in [0, 0.1) is 0 Å². The molecule has 0 atom stereocenters. The lowest BCUT2D eigenvalue weighted by Crippen LogP contribution is -2.06. The van der Waals surface area contributed by atoms with Crippen molar-refractivity contribution in [2.45, 2.75) is 9.79 Å². The SMILES string of the molecule is C=C1c2ccccc2Sc2ccccc2N1I. The van der Waals surface area contributed by atoms with Crippen LogP contribution in [0.1, 0.15) is 5.56 Å². The molecule has 2 aromatic carbocycles. The van der Waals surface area contributed by atoms with Crippen LogP contribution in [-0.4, -0.2) is 0 Å². The first kappa shape index (κ1) is 11.2. The van der Waals surface area contributed by atoms with Crippen molar-refractivity contribution in [1.29, 1.82) is 0 Å². The number of hydrogen-bond donors (Lipinski definition) is 0. The Morgan fingerprint density at radius 2 is 1.59 bits per heavy atom. The molecular formula is C14H10INS. The lowest BCUT2D eigenvalue weighted by atomic mass is 10.1. The standard InChI is InChI=1S/C14H10INS/c1-10-11-6-2-4-8-13(11)17-14-9-5-3-7-12(14)16(10)15/h2-9H,1H2. The van der Waals surface area contributed by atoms with Crippen molar-refractivity contribution in [3.63, 3.8) is 0 Å². The Balaban J connectivity index is 2.24. The molecule has 0 spiro atoms. The molecule has 0 unspecified atom stereocenters. The van der Waals surface area contributed by atoms with Gasteiger partial charge in [-0.15, -0.1) is 0 Å². The van der Waals surface area contributed by atoms with E-state index in [1.165, 1.54) is 21.0 Å². The van der Waals surface area contributed by atoms with Gasteiger partial charge in [-0.1, -0.05) is 48.7 Å². The molecular weight excluding hydrogens is 341 g/mol. The number of rotatable bonds is 0. The van der Waals surface area contributed by atoms with Gasteiger partial charge in [0.2, 0.25) is 0 Å². The summed E-state index contributed by atoms with van der Waals surface area (Å²) in [5.74, 6) is 0. The Kier molecular flexibility index (Phi) is 2.88. The molecule has 0 aromatic heterocycles. The molecule has 0 bridgehead atoms. The third-order valence-corrected chi connectivity index (χ3v) is 4.97. The predicted molar refractivity (Wildman–Crippen MR) is 82.5 cm³/mol. The van der Waals surface area contributed by atoms with Gasteiger partial charge in [0.1, 0.15) is 0 Å². The average Bonchev–Trinajstić information content (AvgIpc) is 2.48. The van der Waals surface area contributed by atoms with Gasteiger partial charge in [-0.05, 0) is 18.2 Å². The largest absolute Gasteiger partial charge is 0.282 e. The summed E-state index contributed by atoms with van der Waals surface area (Å²) in [4.78, 5) is 2.54. The van der Waals surface area contributed by atoms with Crippen LogP contribution in [0.4, 0.5) is 5.69 Å². The van der Waals surface area contributed by atoms with E-state index in [0.29, 0.717) is 0 Å². The molecule has 3 heteroatoms. The van der Waals surface area contributed by atoms with E-state index >= 15 is 0 Å². The number of halogens is 1. The average molecular weight is 351 g/mol. The molecule has 0 saturated carbocycles. The molecule has 1 aliphatic heterocycles. The van der Waals surface area contributed by atoms with Gasteiger partial charge < -0.3 is 0 Å². The van der Waals surface area contributed by atoms with Gasteiger partial charge in [0.25, 0.3) is 0 Å². The van der Waals surface area contributed by atoms with Crippen molar-refractivity contribution in [3.05, 3.63) is 60.7 Å². The summed E-state index contributed by atoms with van der Waals surface area (Å²) in [6, 6.07) is 16.8. The van der Waals surface area contributed by atoms with E-state index in [-0.39, 0.29) is 0 Å². The molecule has 84 valence electrons. The van der Waals surface area contributed by atoms with Crippen molar-refractivity contribution in [2.24, 2.45) is 0 Å². The summed E-state index contributed by atoms with van der Waals surface area (Å²) >= 11 is 4.12. The minimum atomic E-state index is 1.04. The number of nitrogens with zero attached hydrogens (tertiary/aromatic N) is 1. The van der Waals surface area contributed by atoms with E-state index in [9.17, 15) is 0 Å². The molecule has 0 aliphatic carbocycles. The quantitative estimate of drug-likeness (QED) is 0.487. The molecule has 1 nitrogen and oxygen atoms in total. The Morgan fingerprint density at radius 3 is 2.41 bits per heavy atom. The first-order valence-electron chi connectivity index (χ1n) is 5.28. The highest BCUT2D eigenvalue weighted by atomic mass is 127. The van der Waals surface area contributed by atoms with Gasteiger partial charge in [0.15, 0.2) is 0 Å². The van der Waals surface area contributed by atoms with Crippen LogP contribution >= 0.6 is 34.6 Å². The van der Waals surface area contributed by atoms with E-state index in [0.717, 1.165) is 5.70 Å². The lowest BCUT2D eigenvalue weighted by molar-refractivity contribution is 1.37. The summed E-state index contributed by atoms with van der Waals surface area (Å²) in [5.41, 5.74) is 3.46. The maximum atomic E-state index is 4.20. The fraction of sp³-hybridized carbons (Fsp3) is 0. The molecule has 1 aliphatic rings. The minimum absolute atomic E-state index is 1.04. The van der Waals surface area contributed by atoms with Gasteiger partial charge in [-0.2, -0.15) is 0 Å². The number of anilines is 1. The Bertz CT molecular complexity index is 594. The highest BCUT2D eigenvalue weighted by Crippen LogP contribution is 2.45. The first-order chi connectivity index (χ1) is 8.27. The van der Waals surface area contributed by atoms with Crippen molar-refractivity contribution in [2.75, 3.05) is 3.11 Å². The predicted octanol–water partition coefficient (Wildman–Crippen LogP) is 4.98. The monoisotopic (exact) mass is 351 g/mol. The van der Waals surface area contributed by atoms with E-state index < -0.39 is 0 Å². The van der Waals surface area contributed by atoms with Gasteiger partial charge in [-0.25, -0.2) is 0 Å². The summed E-state index contributed by atoms with van der Waals surface area (Å²) in [6.07, 6.45) is 0. The third-order valence-electron chi connectivity index (χ3n) is 2.73. The Labute approximate surface area is 119 Å². The molecule has 2 aromatic rings. The molecule has 1 heterocycles. The summed E-state index contributed by atoms with van der Waals surface area (Å²) in [7, 11) is 0. The van der Waals surface area contributed by atoms with E-state index in [4.69, 9.17) is 0 Å². The van der Waals surface area contributed by atoms with Crippen LogP contribution in [0.15, 0.2) is 64.9 Å². The highest BCUT2D eigenvalue weighted by molar-refractivity contribution is 14.1. The van der Waals surface area contributed by atoms with Crippen molar-refractivity contribution in [3.8, 4) is 0 Å². The maximum Gasteiger partial charge on any atom is 0.0650 e. The molecule has 0 saturated heterocycles. The van der Waals surface area contributed by atoms with E-state index in [2.05, 4.69) is 81.1 Å². The number of hydrogen-bond acceptors (Lipinski definition) is 2. The normalized spacial score (nSPS) is 13.9. The second kappa shape index (κ2) is 4.38. The molecule has 3 rings (SSSR count). The van der Waals surface area contributed by atoms with Gasteiger partial charge in [0.05, 0.1) is 34.2 Å². The van der Waals surface area contributed by atoms with Crippen LogP contribution in [0.2, 0.25) is 0 Å². The molecule has 0 radical (unpaired) electrons. The van der Waals surface area contributed by atoms with Crippen LogP contribution < -0.4 is 3.11 Å². The third kappa shape index (κ3) is 1.87. The van der Waals surface area contributed by atoms with Gasteiger partial charge >= 0.3 is 0 Å². The fourth-order valence-electron chi connectivity index (χ4n) is 1.87. The Hall–Kier alpha value is -0.940. The van der Waals surface area contributed by atoms with Crippen molar-refractivity contribution in [1.82, 2.24) is 0 Å². The van der Waals surface area contributed by atoms with Crippen LogP contribution in [0.3, 0.4) is 0 Å². The van der Waals surface area contributed by atoms with Crippen LogP contribution in [0.5, 0.6) is 0 Å². The number of fused-ring (bicyclic) bond motifs is 2. The zero-order valence-electron chi connectivity index (χ0n) is 9.06. The molecule has 0 fully saturated rings. The van der Waals surface area contributed by atoms with E-state index in [1.807, 2.05) is 0 Å².